The van der Waals surface area contributed by atoms with Gasteiger partial charge >= 0.3 is 6.03 Å². The number of ether oxygens (including phenoxy) is 2. The highest BCUT2D eigenvalue weighted by atomic mass is 16.5. The first-order valence-corrected chi connectivity index (χ1v) is 8.82. The molecule has 0 saturated carbocycles. The van der Waals surface area contributed by atoms with E-state index in [1.165, 1.54) is 0 Å². The normalized spacial score (nSPS) is 10.0. The van der Waals surface area contributed by atoms with Gasteiger partial charge in [-0.1, -0.05) is 17.7 Å². The molecule has 0 unspecified atom stereocenters. The van der Waals surface area contributed by atoms with Gasteiger partial charge in [-0.2, -0.15) is 0 Å². The Bertz CT molecular complexity index is 775. The summed E-state index contributed by atoms with van der Waals surface area (Å²) in [5.74, 6) is 0.854. The van der Waals surface area contributed by atoms with E-state index < -0.39 is 6.03 Å². The monoisotopic (exact) mass is 371 g/mol. The molecule has 0 saturated heterocycles. The molecule has 2 aromatic rings. The minimum Gasteiger partial charge on any atom is -0.490 e. The zero-order valence-electron chi connectivity index (χ0n) is 15.8. The van der Waals surface area contributed by atoms with Gasteiger partial charge in [0.05, 0.1) is 19.8 Å². The Labute approximate surface area is 159 Å². The summed E-state index contributed by atoms with van der Waals surface area (Å²) in [6, 6.07) is 12.1. The molecular weight excluding hydrogens is 346 g/mol. The van der Waals surface area contributed by atoms with Gasteiger partial charge in [0.1, 0.15) is 0 Å². The molecule has 0 atom stereocenters. The number of urea groups is 1. The first-order valence-electron chi connectivity index (χ1n) is 8.82. The van der Waals surface area contributed by atoms with Gasteiger partial charge in [0.15, 0.2) is 11.5 Å². The van der Waals surface area contributed by atoms with Crippen LogP contribution in [0, 0.1) is 6.92 Å². The van der Waals surface area contributed by atoms with Crippen LogP contribution >= 0.6 is 0 Å². The maximum Gasteiger partial charge on any atom is 0.319 e. The molecular formula is C20H25N3O4. The number of anilines is 2. The minimum absolute atomic E-state index is 0.144. The van der Waals surface area contributed by atoms with Crippen molar-refractivity contribution in [2.45, 2.75) is 20.8 Å². The van der Waals surface area contributed by atoms with Crippen molar-refractivity contribution in [2.75, 3.05) is 30.4 Å². The second-order valence-corrected chi connectivity index (χ2v) is 5.75. The summed E-state index contributed by atoms with van der Waals surface area (Å²) >= 11 is 0. The maximum atomic E-state index is 12.0. The fourth-order valence-electron chi connectivity index (χ4n) is 2.31. The summed E-state index contributed by atoms with van der Waals surface area (Å²) in [5.41, 5.74) is 2.33. The van der Waals surface area contributed by atoms with Crippen molar-refractivity contribution in [3.63, 3.8) is 0 Å². The molecule has 3 amide bonds. The van der Waals surface area contributed by atoms with Crippen molar-refractivity contribution in [2.24, 2.45) is 0 Å². The number of carbonyl (C=O) groups excluding carboxylic acids is 2. The summed E-state index contributed by atoms with van der Waals surface area (Å²) in [7, 11) is 0. The number of rotatable bonds is 8. The predicted molar refractivity (Wildman–Crippen MR) is 106 cm³/mol. The van der Waals surface area contributed by atoms with E-state index in [9.17, 15) is 9.59 Å². The van der Waals surface area contributed by atoms with Crippen molar-refractivity contribution >= 4 is 23.3 Å². The molecule has 2 aromatic carbocycles. The van der Waals surface area contributed by atoms with Crippen molar-refractivity contribution < 1.29 is 19.1 Å². The molecule has 0 aromatic heterocycles. The Morgan fingerprint density at radius 3 is 2.15 bits per heavy atom. The van der Waals surface area contributed by atoms with E-state index in [2.05, 4.69) is 16.0 Å². The molecule has 144 valence electrons. The van der Waals surface area contributed by atoms with Crippen LogP contribution in [0.1, 0.15) is 19.4 Å². The third-order valence-corrected chi connectivity index (χ3v) is 3.55. The van der Waals surface area contributed by atoms with Gasteiger partial charge in [0.25, 0.3) is 0 Å². The van der Waals surface area contributed by atoms with E-state index in [1.54, 1.807) is 18.2 Å². The number of aryl methyl sites for hydroxylation is 1. The van der Waals surface area contributed by atoms with Gasteiger partial charge in [0, 0.05) is 17.4 Å². The number of carbonyl (C=O) groups is 2. The lowest BCUT2D eigenvalue weighted by Crippen LogP contribution is -2.35. The highest BCUT2D eigenvalue weighted by Crippen LogP contribution is 2.30. The van der Waals surface area contributed by atoms with Crippen molar-refractivity contribution in [1.82, 2.24) is 5.32 Å². The van der Waals surface area contributed by atoms with Gasteiger partial charge in [-0.3, -0.25) is 4.79 Å². The predicted octanol–water partition coefficient (Wildman–Crippen LogP) is 3.55. The molecule has 2 rings (SSSR count). The van der Waals surface area contributed by atoms with E-state index in [-0.39, 0.29) is 12.5 Å². The first-order chi connectivity index (χ1) is 13.0. The lowest BCUT2D eigenvalue weighted by Gasteiger charge is -2.13. The van der Waals surface area contributed by atoms with E-state index in [1.807, 2.05) is 45.0 Å². The highest BCUT2D eigenvalue weighted by molar-refractivity contribution is 5.97. The van der Waals surface area contributed by atoms with Crippen LogP contribution in [0.5, 0.6) is 11.5 Å². The largest absolute Gasteiger partial charge is 0.490 e. The van der Waals surface area contributed by atoms with Crippen LogP contribution in [0.4, 0.5) is 16.2 Å². The molecule has 3 N–H and O–H groups in total. The topological polar surface area (TPSA) is 88.7 Å². The Kier molecular flexibility index (Phi) is 7.49. The van der Waals surface area contributed by atoms with Crippen molar-refractivity contribution in [3.8, 4) is 11.5 Å². The molecule has 0 aliphatic carbocycles. The average molecular weight is 371 g/mol. The summed E-state index contributed by atoms with van der Waals surface area (Å²) < 4.78 is 11.0. The molecule has 0 bridgehead atoms. The molecule has 7 nitrogen and oxygen atoms in total. The lowest BCUT2D eigenvalue weighted by atomic mass is 10.2. The molecule has 0 heterocycles. The van der Waals surface area contributed by atoms with Crippen LogP contribution in [0.15, 0.2) is 42.5 Å². The van der Waals surface area contributed by atoms with E-state index in [4.69, 9.17) is 9.47 Å². The van der Waals surface area contributed by atoms with Gasteiger partial charge in [0.2, 0.25) is 5.91 Å². The molecule has 0 aliphatic heterocycles. The van der Waals surface area contributed by atoms with Crippen molar-refractivity contribution in [1.29, 1.82) is 0 Å². The standard InChI is InChI=1S/C20H25N3O4/c1-4-26-17-11-10-16(12-18(17)27-5-2)23-20(25)21-13-19(24)22-15-8-6-14(3)7-9-15/h6-12H,4-5,13H2,1-3H3,(H,22,24)(H2,21,23,25). The number of amides is 3. The zero-order chi connectivity index (χ0) is 19.6. The Morgan fingerprint density at radius 1 is 0.852 bits per heavy atom. The Balaban J connectivity index is 1.86. The third kappa shape index (κ3) is 6.54. The van der Waals surface area contributed by atoms with Crippen LogP contribution in [0.25, 0.3) is 0 Å². The van der Waals surface area contributed by atoms with Crippen LogP contribution in [0.3, 0.4) is 0 Å². The SMILES string of the molecule is CCOc1ccc(NC(=O)NCC(=O)Nc2ccc(C)cc2)cc1OCC. The van der Waals surface area contributed by atoms with E-state index in [0.29, 0.717) is 36.1 Å². The number of benzene rings is 2. The highest BCUT2D eigenvalue weighted by Gasteiger charge is 2.10. The second kappa shape index (κ2) is 10.1. The fourth-order valence-corrected chi connectivity index (χ4v) is 2.31. The maximum absolute atomic E-state index is 12.0. The molecule has 0 aliphatic rings. The number of nitrogens with one attached hydrogen (secondary N) is 3. The Hall–Kier alpha value is -3.22. The van der Waals surface area contributed by atoms with Crippen LogP contribution in [-0.4, -0.2) is 31.7 Å². The lowest BCUT2D eigenvalue weighted by molar-refractivity contribution is -0.115. The fraction of sp³-hybridized carbons (Fsp3) is 0.300. The minimum atomic E-state index is -0.485. The summed E-state index contributed by atoms with van der Waals surface area (Å²) in [5, 5.41) is 7.91. The molecule has 0 radical (unpaired) electrons. The number of hydrogen-bond donors (Lipinski definition) is 3. The van der Waals surface area contributed by atoms with Gasteiger partial charge in [-0.15, -0.1) is 0 Å². The van der Waals surface area contributed by atoms with Gasteiger partial charge in [-0.25, -0.2) is 4.79 Å². The molecule has 0 spiro atoms. The van der Waals surface area contributed by atoms with E-state index >= 15 is 0 Å². The smallest absolute Gasteiger partial charge is 0.319 e. The van der Waals surface area contributed by atoms with Crippen molar-refractivity contribution in [3.05, 3.63) is 48.0 Å². The zero-order valence-corrected chi connectivity index (χ0v) is 15.8. The third-order valence-electron chi connectivity index (χ3n) is 3.55. The first kappa shape index (κ1) is 20.1. The molecule has 7 heteroatoms. The molecule has 0 fully saturated rings. The van der Waals surface area contributed by atoms with Gasteiger partial charge in [-0.05, 0) is 45.0 Å². The Morgan fingerprint density at radius 2 is 1.48 bits per heavy atom. The van der Waals surface area contributed by atoms with Gasteiger partial charge < -0.3 is 25.4 Å². The summed E-state index contributed by atoms with van der Waals surface area (Å²) in [6.07, 6.45) is 0. The van der Waals surface area contributed by atoms with Crippen LogP contribution in [0.2, 0.25) is 0 Å². The van der Waals surface area contributed by atoms with Crippen LogP contribution in [-0.2, 0) is 4.79 Å². The van der Waals surface area contributed by atoms with Crippen LogP contribution < -0.4 is 25.4 Å². The summed E-state index contributed by atoms with van der Waals surface area (Å²) in [6.45, 7) is 6.58. The summed E-state index contributed by atoms with van der Waals surface area (Å²) in [4.78, 5) is 23.9. The number of hydrogen-bond acceptors (Lipinski definition) is 4. The average Bonchev–Trinajstić information content (AvgIpc) is 2.64. The quantitative estimate of drug-likeness (QED) is 0.662. The second-order valence-electron chi connectivity index (χ2n) is 5.75. The van der Waals surface area contributed by atoms with E-state index in [0.717, 1.165) is 5.56 Å². The molecule has 27 heavy (non-hydrogen) atoms.